The minimum Gasteiger partial charge on any atom is -0.382 e. The first kappa shape index (κ1) is 15.2. The van der Waals surface area contributed by atoms with Crippen LogP contribution >= 0.6 is 0 Å². The van der Waals surface area contributed by atoms with Gasteiger partial charge in [-0.15, -0.1) is 0 Å². The topological polar surface area (TPSA) is 70.4 Å². The molecule has 6 heteroatoms. The molecule has 0 saturated carbocycles. The van der Waals surface area contributed by atoms with Crippen LogP contribution in [0.4, 0.5) is 17.1 Å². The molecule has 1 rings (SSSR count). The first-order valence-corrected chi connectivity index (χ1v) is 6.40. The summed E-state index contributed by atoms with van der Waals surface area (Å²) in [5.41, 5.74) is 1.21. The number of benzene rings is 1. The molecule has 0 spiro atoms. The van der Waals surface area contributed by atoms with Crippen molar-refractivity contribution in [2.24, 2.45) is 0 Å². The number of unbranched alkanes of at least 4 members (excludes halogenated alkanes) is 1. The van der Waals surface area contributed by atoms with E-state index in [0.717, 1.165) is 25.9 Å². The Labute approximate surface area is 113 Å². The molecule has 106 valence electrons. The Balaban J connectivity index is 2.60. The number of nitro benzene ring substituents is 1. The number of hydrogen-bond donors (Lipinski definition) is 2. The third-order valence-electron chi connectivity index (χ3n) is 2.84. The van der Waals surface area contributed by atoms with E-state index >= 15 is 0 Å². The molecule has 0 saturated heterocycles. The van der Waals surface area contributed by atoms with Crippen LogP contribution in [0.15, 0.2) is 18.2 Å². The maximum absolute atomic E-state index is 11.1. The highest BCUT2D eigenvalue weighted by Gasteiger charge is 2.18. The Morgan fingerprint density at radius 2 is 1.95 bits per heavy atom. The number of hydrogen-bond acceptors (Lipinski definition) is 5. The van der Waals surface area contributed by atoms with Gasteiger partial charge in [-0.25, -0.2) is 0 Å². The van der Waals surface area contributed by atoms with Crippen molar-refractivity contribution in [1.29, 1.82) is 0 Å². The molecular formula is C13H22N4O2. The number of nitrogens with zero attached hydrogens (tertiary/aromatic N) is 2. The van der Waals surface area contributed by atoms with Crippen LogP contribution in [0.1, 0.15) is 12.8 Å². The Hall–Kier alpha value is -1.82. The van der Waals surface area contributed by atoms with Gasteiger partial charge in [0.15, 0.2) is 0 Å². The fourth-order valence-corrected chi connectivity index (χ4v) is 1.86. The lowest BCUT2D eigenvalue weighted by Crippen LogP contribution is -2.14. The zero-order valence-electron chi connectivity index (χ0n) is 11.8. The summed E-state index contributed by atoms with van der Waals surface area (Å²) in [6.45, 7) is 1.77. The van der Waals surface area contributed by atoms with Gasteiger partial charge in [-0.2, -0.15) is 0 Å². The molecule has 1 aromatic carbocycles. The van der Waals surface area contributed by atoms with Gasteiger partial charge in [0.1, 0.15) is 11.4 Å². The summed E-state index contributed by atoms with van der Waals surface area (Å²) in [4.78, 5) is 12.9. The second kappa shape index (κ2) is 7.58. The summed E-state index contributed by atoms with van der Waals surface area (Å²) >= 11 is 0. The van der Waals surface area contributed by atoms with Gasteiger partial charge in [-0.1, -0.05) is 6.07 Å². The molecule has 0 atom stereocenters. The molecule has 0 fully saturated rings. The van der Waals surface area contributed by atoms with Crippen LogP contribution in [0.3, 0.4) is 0 Å². The summed E-state index contributed by atoms with van der Waals surface area (Å²) < 4.78 is 0. The highest BCUT2D eigenvalue weighted by molar-refractivity contribution is 5.75. The zero-order valence-corrected chi connectivity index (χ0v) is 11.8. The van der Waals surface area contributed by atoms with E-state index in [1.54, 1.807) is 25.2 Å². The number of para-hydroxylation sites is 1. The van der Waals surface area contributed by atoms with Gasteiger partial charge in [-0.05, 0) is 45.6 Å². The molecule has 19 heavy (non-hydrogen) atoms. The van der Waals surface area contributed by atoms with Crippen LogP contribution in [0, 0.1) is 10.1 Å². The zero-order chi connectivity index (χ0) is 14.3. The lowest BCUT2D eigenvalue weighted by atomic mass is 10.2. The average molecular weight is 266 g/mol. The standard InChI is InChI=1S/C13H22N4O2/c1-14-11-7-6-8-12(13(11)17(18)19)15-9-4-5-10-16(2)3/h6-8,14-15H,4-5,9-10H2,1-3H3. The molecule has 0 aliphatic carbocycles. The lowest BCUT2D eigenvalue weighted by Gasteiger charge is -2.11. The largest absolute Gasteiger partial charge is 0.382 e. The van der Waals surface area contributed by atoms with Gasteiger partial charge >= 0.3 is 5.69 Å². The van der Waals surface area contributed by atoms with Crippen molar-refractivity contribution in [3.8, 4) is 0 Å². The molecule has 0 aliphatic heterocycles. The lowest BCUT2D eigenvalue weighted by molar-refractivity contribution is -0.383. The van der Waals surface area contributed by atoms with Crippen molar-refractivity contribution >= 4 is 17.1 Å². The Morgan fingerprint density at radius 1 is 1.26 bits per heavy atom. The Morgan fingerprint density at radius 3 is 2.53 bits per heavy atom. The molecule has 0 aromatic heterocycles. The van der Waals surface area contributed by atoms with Crippen LogP contribution in [0.25, 0.3) is 0 Å². The van der Waals surface area contributed by atoms with Crippen molar-refractivity contribution in [2.45, 2.75) is 12.8 Å². The molecule has 2 N–H and O–H groups in total. The molecule has 1 aromatic rings. The smallest absolute Gasteiger partial charge is 0.315 e. The number of nitro groups is 1. The van der Waals surface area contributed by atoms with E-state index in [-0.39, 0.29) is 10.6 Å². The van der Waals surface area contributed by atoms with Crippen molar-refractivity contribution in [1.82, 2.24) is 4.90 Å². The monoisotopic (exact) mass is 266 g/mol. The van der Waals surface area contributed by atoms with Gasteiger partial charge in [0.25, 0.3) is 0 Å². The third-order valence-corrected chi connectivity index (χ3v) is 2.84. The van der Waals surface area contributed by atoms with Crippen molar-refractivity contribution in [3.05, 3.63) is 28.3 Å². The van der Waals surface area contributed by atoms with E-state index in [9.17, 15) is 10.1 Å². The Kier molecular flexibility index (Phi) is 6.08. The minimum absolute atomic E-state index is 0.109. The van der Waals surface area contributed by atoms with E-state index in [0.29, 0.717) is 11.4 Å². The molecule has 0 amide bonds. The fourth-order valence-electron chi connectivity index (χ4n) is 1.86. The summed E-state index contributed by atoms with van der Waals surface area (Å²) in [7, 11) is 5.76. The quantitative estimate of drug-likeness (QED) is 0.429. The Bertz CT molecular complexity index is 421. The van der Waals surface area contributed by atoms with Crippen LogP contribution in [0.2, 0.25) is 0 Å². The molecule has 0 radical (unpaired) electrons. The van der Waals surface area contributed by atoms with Gasteiger partial charge in [0, 0.05) is 13.6 Å². The first-order valence-electron chi connectivity index (χ1n) is 6.40. The molecule has 0 unspecified atom stereocenters. The van der Waals surface area contributed by atoms with Gasteiger partial charge in [0.2, 0.25) is 0 Å². The summed E-state index contributed by atoms with van der Waals surface area (Å²) in [5.74, 6) is 0. The summed E-state index contributed by atoms with van der Waals surface area (Å²) in [6.07, 6.45) is 2.05. The van der Waals surface area contributed by atoms with Gasteiger partial charge < -0.3 is 15.5 Å². The number of rotatable bonds is 8. The highest BCUT2D eigenvalue weighted by Crippen LogP contribution is 2.32. The maximum Gasteiger partial charge on any atom is 0.315 e. The summed E-state index contributed by atoms with van der Waals surface area (Å²) in [6, 6.07) is 5.25. The predicted octanol–water partition coefficient (Wildman–Crippen LogP) is 2.39. The van der Waals surface area contributed by atoms with Gasteiger partial charge in [-0.3, -0.25) is 10.1 Å². The molecule has 0 aliphatic rings. The van der Waals surface area contributed by atoms with E-state index < -0.39 is 0 Å². The third kappa shape index (κ3) is 4.75. The van der Waals surface area contributed by atoms with Crippen LogP contribution in [0.5, 0.6) is 0 Å². The molecule has 0 bridgehead atoms. The molecule has 6 nitrogen and oxygen atoms in total. The van der Waals surface area contributed by atoms with E-state index in [1.807, 2.05) is 14.1 Å². The maximum atomic E-state index is 11.1. The van der Waals surface area contributed by atoms with E-state index in [4.69, 9.17) is 0 Å². The SMILES string of the molecule is CNc1cccc(NCCCCN(C)C)c1[N+](=O)[O-]. The normalized spacial score (nSPS) is 10.5. The number of nitrogens with one attached hydrogen (secondary N) is 2. The van der Waals surface area contributed by atoms with Crippen molar-refractivity contribution in [3.63, 3.8) is 0 Å². The van der Waals surface area contributed by atoms with Crippen LogP contribution in [-0.2, 0) is 0 Å². The van der Waals surface area contributed by atoms with E-state index in [1.165, 1.54) is 0 Å². The second-order valence-electron chi connectivity index (χ2n) is 4.65. The van der Waals surface area contributed by atoms with Crippen LogP contribution < -0.4 is 10.6 Å². The van der Waals surface area contributed by atoms with E-state index in [2.05, 4.69) is 15.5 Å². The van der Waals surface area contributed by atoms with Crippen molar-refractivity contribution in [2.75, 3.05) is 44.9 Å². The first-order chi connectivity index (χ1) is 9.06. The molecule has 0 heterocycles. The predicted molar refractivity (Wildman–Crippen MR) is 78.9 cm³/mol. The number of anilines is 2. The highest BCUT2D eigenvalue weighted by atomic mass is 16.6. The van der Waals surface area contributed by atoms with Crippen LogP contribution in [-0.4, -0.2) is 44.1 Å². The molecular weight excluding hydrogens is 244 g/mol. The summed E-state index contributed by atoms with van der Waals surface area (Å²) in [5, 5.41) is 17.1. The van der Waals surface area contributed by atoms with Gasteiger partial charge in [0.05, 0.1) is 4.92 Å². The second-order valence-corrected chi connectivity index (χ2v) is 4.65. The van der Waals surface area contributed by atoms with Crippen molar-refractivity contribution < 1.29 is 4.92 Å². The average Bonchev–Trinajstić information content (AvgIpc) is 2.37. The fraction of sp³-hybridized carbons (Fsp3) is 0.538. The minimum atomic E-state index is -0.353.